The molecular weight excluding hydrogens is 220 g/mol. The van der Waals surface area contributed by atoms with Crippen LogP contribution >= 0.6 is 11.3 Å². The molecule has 0 radical (unpaired) electrons. The molecule has 0 bridgehead atoms. The van der Waals surface area contributed by atoms with E-state index in [2.05, 4.69) is 12.2 Å². The number of hydrogen-bond acceptors (Lipinski definition) is 3. The number of rotatable bonds is 6. The van der Waals surface area contributed by atoms with Crippen molar-refractivity contribution in [2.45, 2.75) is 45.2 Å². The van der Waals surface area contributed by atoms with Gasteiger partial charge in [-0.15, -0.1) is 11.3 Å². The summed E-state index contributed by atoms with van der Waals surface area (Å²) in [6.07, 6.45) is 2.84. The van der Waals surface area contributed by atoms with Gasteiger partial charge in [-0.05, 0) is 24.8 Å². The van der Waals surface area contributed by atoms with Crippen LogP contribution in [0.2, 0.25) is 0 Å². The molecule has 0 aliphatic heterocycles. The first-order chi connectivity index (χ1) is 7.65. The number of hydrogen-bond donors (Lipinski definition) is 2. The summed E-state index contributed by atoms with van der Waals surface area (Å²) in [7, 11) is 0. The summed E-state index contributed by atoms with van der Waals surface area (Å²) in [6, 6.07) is 3.69. The first-order valence-electron chi connectivity index (χ1n) is 5.74. The Hall–Kier alpha value is -0.870. The van der Waals surface area contributed by atoms with Gasteiger partial charge in [-0.1, -0.05) is 25.8 Å². The molecule has 1 heterocycles. The van der Waals surface area contributed by atoms with E-state index in [9.17, 15) is 4.79 Å². The lowest BCUT2D eigenvalue weighted by Gasteiger charge is -2.16. The molecule has 0 aromatic carbocycles. The molecule has 2 atom stereocenters. The van der Waals surface area contributed by atoms with Gasteiger partial charge in [0.05, 0.1) is 12.1 Å². The van der Waals surface area contributed by atoms with Gasteiger partial charge in [-0.2, -0.15) is 0 Å². The Labute approximate surface area is 101 Å². The molecule has 16 heavy (non-hydrogen) atoms. The molecule has 0 aliphatic carbocycles. The number of unbranched alkanes of at least 4 members (excludes halogenated alkanes) is 1. The quantitative estimate of drug-likeness (QED) is 0.802. The van der Waals surface area contributed by atoms with Crippen molar-refractivity contribution in [3.8, 4) is 0 Å². The summed E-state index contributed by atoms with van der Waals surface area (Å²) in [5.41, 5.74) is 5.80. The Morgan fingerprint density at radius 1 is 1.62 bits per heavy atom. The maximum Gasteiger partial charge on any atom is 0.237 e. The lowest BCUT2D eigenvalue weighted by Crippen LogP contribution is -2.41. The third kappa shape index (κ3) is 3.94. The number of carbonyl (C=O) groups is 1. The standard InChI is InChI=1S/C12H20N2OS/c1-3-4-6-10(13)12(15)14-9(2)11-7-5-8-16-11/h5,7-10H,3-4,6,13H2,1-2H3,(H,14,15)/t9?,10-/m0/s1. The Kier molecular flexibility index (Phi) is 5.49. The average Bonchev–Trinajstić information content (AvgIpc) is 2.79. The summed E-state index contributed by atoms with van der Waals surface area (Å²) < 4.78 is 0. The predicted octanol–water partition coefficient (Wildman–Crippen LogP) is 2.44. The van der Waals surface area contributed by atoms with E-state index in [1.165, 1.54) is 0 Å². The lowest BCUT2D eigenvalue weighted by atomic mass is 10.1. The summed E-state index contributed by atoms with van der Waals surface area (Å²) >= 11 is 1.65. The Morgan fingerprint density at radius 3 is 2.94 bits per heavy atom. The van der Waals surface area contributed by atoms with E-state index in [1.807, 2.05) is 24.4 Å². The number of nitrogens with one attached hydrogen (secondary N) is 1. The van der Waals surface area contributed by atoms with Crippen molar-refractivity contribution >= 4 is 17.2 Å². The van der Waals surface area contributed by atoms with Crippen LogP contribution in [-0.2, 0) is 4.79 Å². The molecule has 0 fully saturated rings. The SMILES string of the molecule is CCCC[C@H](N)C(=O)NC(C)c1cccs1. The van der Waals surface area contributed by atoms with Crippen molar-refractivity contribution < 1.29 is 4.79 Å². The molecule has 4 heteroatoms. The topological polar surface area (TPSA) is 55.1 Å². The first-order valence-corrected chi connectivity index (χ1v) is 6.62. The Balaban J connectivity index is 2.39. The van der Waals surface area contributed by atoms with Crippen molar-refractivity contribution in [2.75, 3.05) is 0 Å². The largest absolute Gasteiger partial charge is 0.347 e. The lowest BCUT2D eigenvalue weighted by molar-refractivity contribution is -0.123. The van der Waals surface area contributed by atoms with E-state index >= 15 is 0 Å². The molecule has 90 valence electrons. The molecular formula is C12H20N2OS. The molecule has 0 saturated heterocycles. The molecule has 1 rings (SSSR count). The first kappa shape index (κ1) is 13.2. The number of amides is 1. The molecule has 3 N–H and O–H groups in total. The van der Waals surface area contributed by atoms with Crippen molar-refractivity contribution in [3.05, 3.63) is 22.4 Å². The van der Waals surface area contributed by atoms with Crippen LogP contribution in [0.15, 0.2) is 17.5 Å². The van der Waals surface area contributed by atoms with Gasteiger partial charge in [0.25, 0.3) is 0 Å². The zero-order valence-electron chi connectivity index (χ0n) is 9.90. The van der Waals surface area contributed by atoms with Gasteiger partial charge in [0, 0.05) is 4.88 Å². The van der Waals surface area contributed by atoms with Gasteiger partial charge in [0.2, 0.25) is 5.91 Å². The molecule has 0 aliphatic rings. The number of carbonyl (C=O) groups excluding carboxylic acids is 1. The van der Waals surface area contributed by atoms with Crippen LogP contribution in [0.5, 0.6) is 0 Å². The van der Waals surface area contributed by atoms with Crippen molar-refractivity contribution in [1.29, 1.82) is 0 Å². The molecule has 1 unspecified atom stereocenters. The molecule has 1 aromatic heterocycles. The van der Waals surface area contributed by atoms with E-state index in [-0.39, 0.29) is 18.0 Å². The highest BCUT2D eigenvalue weighted by Crippen LogP contribution is 2.18. The van der Waals surface area contributed by atoms with Crippen molar-refractivity contribution in [2.24, 2.45) is 5.73 Å². The molecule has 1 amide bonds. The van der Waals surface area contributed by atoms with Crippen molar-refractivity contribution in [1.82, 2.24) is 5.32 Å². The maximum absolute atomic E-state index is 11.7. The normalized spacial score (nSPS) is 14.4. The second-order valence-corrected chi connectivity index (χ2v) is 4.97. The molecule has 0 spiro atoms. The molecule has 0 saturated carbocycles. The van der Waals surface area contributed by atoms with Crippen LogP contribution in [0.3, 0.4) is 0 Å². The zero-order valence-corrected chi connectivity index (χ0v) is 10.7. The minimum absolute atomic E-state index is 0.0469. The van der Waals surface area contributed by atoms with Gasteiger partial charge in [0.1, 0.15) is 0 Å². The number of nitrogens with two attached hydrogens (primary N) is 1. The van der Waals surface area contributed by atoms with Crippen LogP contribution in [0, 0.1) is 0 Å². The van der Waals surface area contributed by atoms with Crippen LogP contribution in [-0.4, -0.2) is 11.9 Å². The smallest absolute Gasteiger partial charge is 0.237 e. The third-order valence-electron chi connectivity index (χ3n) is 2.53. The van der Waals surface area contributed by atoms with E-state index in [1.54, 1.807) is 11.3 Å². The number of thiophene rings is 1. The van der Waals surface area contributed by atoms with E-state index < -0.39 is 0 Å². The van der Waals surface area contributed by atoms with Crippen LogP contribution < -0.4 is 11.1 Å². The van der Waals surface area contributed by atoms with Crippen LogP contribution in [0.4, 0.5) is 0 Å². The van der Waals surface area contributed by atoms with Crippen LogP contribution in [0.25, 0.3) is 0 Å². The average molecular weight is 240 g/mol. The van der Waals surface area contributed by atoms with Gasteiger partial charge in [-0.25, -0.2) is 0 Å². The second-order valence-electron chi connectivity index (χ2n) is 3.99. The summed E-state index contributed by atoms with van der Waals surface area (Å²) in [6.45, 7) is 4.08. The second kappa shape index (κ2) is 6.66. The highest BCUT2D eigenvalue weighted by Gasteiger charge is 2.16. The van der Waals surface area contributed by atoms with Crippen molar-refractivity contribution in [3.63, 3.8) is 0 Å². The Morgan fingerprint density at radius 2 is 2.38 bits per heavy atom. The van der Waals surface area contributed by atoms with Gasteiger partial charge in [0.15, 0.2) is 0 Å². The van der Waals surface area contributed by atoms with Crippen LogP contribution in [0.1, 0.15) is 44.0 Å². The van der Waals surface area contributed by atoms with Gasteiger partial charge < -0.3 is 11.1 Å². The minimum atomic E-state index is -0.373. The third-order valence-corrected chi connectivity index (χ3v) is 3.59. The van der Waals surface area contributed by atoms with Gasteiger partial charge in [-0.3, -0.25) is 4.79 Å². The molecule has 3 nitrogen and oxygen atoms in total. The monoisotopic (exact) mass is 240 g/mol. The fourth-order valence-electron chi connectivity index (χ4n) is 1.48. The highest BCUT2D eigenvalue weighted by molar-refractivity contribution is 7.10. The summed E-state index contributed by atoms with van der Waals surface area (Å²) in [4.78, 5) is 12.9. The summed E-state index contributed by atoms with van der Waals surface area (Å²) in [5, 5.41) is 4.95. The maximum atomic E-state index is 11.7. The van der Waals surface area contributed by atoms with Gasteiger partial charge >= 0.3 is 0 Å². The van der Waals surface area contributed by atoms with E-state index in [4.69, 9.17) is 5.73 Å². The zero-order chi connectivity index (χ0) is 12.0. The highest BCUT2D eigenvalue weighted by atomic mass is 32.1. The fourth-order valence-corrected chi connectivity index (χ4v) is 2.22. The van der Waals surface area contributed by atoms with E-state index in [0.29, 0.717) is 0 Å². The predicted molar refractivity (Wildman–Crippen MR) is 68.4 cm³/mol. The minimum Gasteiger partial charge on any atom is -0.347 e. The fraction of sp³-hybridized carbons (Fsp3) is 0.583. The molecule has 1 aromatic rings. The van der Waals surface area contributed by atoms with E-state index in [0.717, 1.165) is 24.1 Å². The summed E-state index contributed by atoms with van der Waals surface area (Å²) in [5.74, 6) is -0.0469. The Bertz CT molecular complexity index is 311.